The van der Waals surface area contributed by atoms with E-state index in [1.807, 2.05) is 6.92 Å². The highest BCUT2D eigenvalue weighted by Gasteiger charge is 2.37. The smallest absolute Gasteiger partial charge is 0.326 e. The summed E-state index contributed by atoms with van der Waals surface area (Å²) in [6.07, 6.45) is 1.84. The number of amides is 2. The molecule has 10 nitrogen and oxygen atoms in total. The third kappa shape index (κ3) is 6.63. The maximum Gasteiger partial charge on any atom is 0.326 e. The number of carbonyl (C=O) groups is 3. The first-order valence-corrected chi connectivity index (χ1v) is 12.1. The van der Waals surface area contributed by atoms with Crippen LogP contribution >= 0.6 is 11.8 Å². The van der Waals surface area contributed by atoms with Crippen LogP contribution in [0.25, 0.3) is 6.08 Å². The highest BCUT2D eigenvalue weighted by Crippen LogP contribution is 2.35. The fourth-order valence-electron chi connectivity index (χ4n) is 3.23. The molecule has 190 valence electrons. The van der Waals surface area contributed by atoms with Gasteiger partial charge < -0.3 is 14.2 Å². The number of nitro groups is 1. The molecular formula is C25H26N2O8S. The molecule has 2 aromatic carbocycles. The van der Waals surface area contributed by atoms with Crippen LogP contribution in [0.5, 0.6) is 11.5 Å². The van der Waals surface area contributed by atoms with Crippen LogP contribution in [0.1, 0.15) is 38.3 Å². The molecule has 11 heteroatoms. The Kier molecular flexibility index (Phi) is 9.07. The van der Waals surface area contributed by atoms with Gasteiger partial charge >= 0.3 is 5.97 Å². The Morgan fingerprint density at radius 3 is 2.58 bits per heavy atom. The summed E-state index contributed by atoms with van der Waals surface area (Å²) in [5.74, 6) is -0.485. The van der Waals surface area contributed by atoms with Crippen LogP contribution in [-0.4, -0.2) is 46.2 Å². The summed E-state index contributed by atoms with van der Waals surface area (Å²) in [5.41, 5.74) is 0.939. The second kappa shape index (κ2) is 12.2. The van der Waals surface area contributed by atoms with E-state index in [4.69, 9.17) is 14.2 Å². The second-order valence-electron chi connectivity index (χ2n) is 7.79. The summed E-state index contributed by atoms with van der Waals surface area (Å²) in [7, 11) is 0. The number of hydrogen-bond donors (Lipinski definition) is 0. The quantitative estimate of drug-likeness (QED) is 0.177. The number of ether oxygens (including phenoxy) is 3. The number of rotatable bonds is 11. The molecule has 1 saturated heterocycles. The minimum Gasteiger partial charge on any atom is -0.490 e. The molecule has 2 amide bonds. The van der Waals surface area contributed by atoms with E-state index in [1.54, 1.807) is 50.2 Å². The Balaban J connectivity index is 1.75. The maximum absolute atomic E-state index is 12.7. The van der Waals surface area contributed by atoms with Gasteiger partial charge in [-0.2, -0.15) is 0 Å². The number of carbonyl (C=O) groups excluding carboxylic acids is 3. The Hall–Kier alpha value is -3.86. The molecule has 0 bridgehead atoms. The van der Waals surface area contributed by atoms with Crippen molar-refractivity contribution < 1.29 is 33.5 Å². The van der Waals surface area contributed by atoms with Crippen molar-refractivity contribution in [3.8, 4) is 11.5 Å². The van der Waals surface area contributed by atoms with Crippen molar-refractivity contribution in [3.63, 3.8) is 0 Å². The van der Waals surface area contributed by atoms with Crippen LogP contribution in [-0.2, 0) is 20.9 Å². The van der Waals surface area contributed by atoms with Gasteiger partial charge in [-0.1, -0.05) is 25.1 Å². The zero-order chi connectivity index (χ0) is 26.2. The van der Waals surface area contributed by atoms with Crippen molar-refractivity contribution in [2.24, 2.45) is 0 Å². The summed E-state index contributed by atoms with van der Waals surface area (Å²) in [5, 5.41) is 10.7. The van der Waals surface area contributed by atoms with E-state index in [0.717, 1.165) is 16.7 Å². The minimum absolute atomic E-state index is 0.0395. The molecule has 1 aliphatic rings. The first-order chi connectivity index (χ1) is 17.2. The largest absolute Gasteiger partial charge is 0.490 e. The summed E-state index contributed by atoms with van der Waals surface area (Å²) >= 11 is 0.733. The predicted octanol–water partition coefficient (Wildman–Crippen LogP) is 4.95. The molecule has 0 radical (unpaired) electrons. The van der Waals surface area contributed by atoms with Crippen molar-refractivity contribution >= 4 is 40.6 Å². The van der Waals surface area contributed by atoms with Crippen LogP contribution in [0.3, 0.4) is 0 Å². The SMILES string of the molecule is CCOc1cc(/C=C2/SC(=O)N(CC(=O)O[C@@H](C)CC)C2=O)ccc1OCc1ccccc1[N+](=O)[O-]. The molecule has 1 fully saturated rings. The molecule has 1 heterocycles. The van der Waals surface area contributed by atoms with E-state index in [1.165, 1.54) is 12.1 Å². The number of benzene rings is 2. The van der Waals surface area contributed by atoms with Crippen molar-refractivity contribution in [2.75, 3.05) is 13.2 Å². The summed E-state index contributed by atoms with van der Waals surface area (Å²) in [6.45, 7) is 5.23. The van der Waals surface area contributed by atoms with E-state index in [2.05, 4.69) is 0 Å². The fourth-order valence-corrected chi connectivity index (χ4v) is 4.07. The molecule has 0 spiro atoms. The standard InChI is InChI=1S/C25H26N2O8S/c1-4-16(3)35-23(28)14-26-24(29)22(36-25(26)30)13-17-10-11-20(21(12-17)33-5-2)34-15-18-8-6-7-9-19(18)27(31)32/h6-13,16H,4-5,14-15H2,1-3H3/b22-13+/t16-/m0/s1. The zero-order valence-corrected chi connectivity index (χ0v) is 20.9. The van der Waals surface area contributed by atoms with Gasteiger partial charge in [-0.05, 0) is 61.9 Å². The van der Waals surface area contributed by atoms with E-state index >= 15 is 0 Å². The van der Waals surface area contributed by atoms with E-state index in [9.17, 15) is 24.5 Å². The minimum atomic E-state index is -0.647. The molecule has 1 atom stereocenters. The number of imide groups is 1. The molecule has 0 aromatic heterocycles. The molecule has 0 N–H and O–H groups in total. The Bertz CT molecular complexity index is 1200. The lowest BCUT2D eigenvalue weighted by atomic mass is 10.1. The van der Waals surface area contributed by atoms with E-state index in [-0.39, 0.29) is 23.3 Å². The Labute approximate surface area is 212 Å². The third-order valence-electron chi connectivity index (χ3n) is 5.21. The molecule has 1 aliphatic heterocycles. The topological polar surface area (TPSA) is 125 Å². The summed E-state index contributed by atoms with van der Waals surface area (Å²) in [4.78, 5) is 48.9. The normalized spacial score (nSPS) is 15.2. The van der Waals surface area contributed by atoms with Crippen LogP contribution in [0.15, 0.2) is 47.4 Å². The van der Waals surface area contributed by atoms with Crippen molar-refractivity contribution in [1.82, 2.24) is 4.90 Å². The highest BCUT2D eigenvalue weighted by atomic mass is 32.2. The van der Waals surface area contributed by atoms with Gasteiger partial charge in [0, 0.05) is 6.07 Å². The van der Waals surface area contributed by atoms with Crippen LogP contribution in [0.2, 0.25) is 0 Å². The molecule has 2 aromatic rings. The van der Waals surface area contributed by atoms with Gasteiger partial charge in [-0.25, -0.2) is 0 Å². The van der Waals surface area contributed by atoms with Crippen molar-refractivity contribution in [2.45, 2.75) is 39.9 Å². The highest BCUT2D eigenvalue weighted by molar-refractivity contribution is 8.18. The fraction of sp³-hybridized carbons (Fsp3) is 0.320. The number of para-hydroxylation sites is 1. The number of nitrogens with zero attached hydrogens (tertiary/aromatic N) is 2. The van der Waals surface area contributed by atoms with Gasteiger partial charge in [0.2, 0.25) is 0 Å². The average molecular weight is 515 g/mol. The first-order valence-electron chi connectivity index (χ1n) is 11.3. The molecule has 36 heavy (non-hydrogen) atoms. The van der Waals surface area contributed by atoms with Crippen LogP contribution in [0, 0.1) is 10.1 Å². The first kappa shape index (κ1) is 26.7. The summed E-state index contributed by atoms with van der Waals surface area (Å²) < 4.78 is 16.6. The summed E-state index contributed by atoms with van der Waals surface area (Å²) in [6, 6.07) is 11.2. The maximum atomic E-state index is 12.7. The monoisotopic (exact) mass is 514 g/mol. The molecule has 3 rings (SSSR count). The van der Waals surface area contributed by atoms with Gasteiger partial charge in [0.25, 0.3) is 16.8 Å². The average Bonchev–Trinajstić information content (AvgIpc) is 3.10. The lowest BCUT2D eigenvalue weighted by molar-refractivity contribution is -0.385. The lowest BCUT2D eigenvalue weighted by Crippen LogP contribution is -2.35. The molecule has 0 unspecified atom stereocenters. The van der Waals surface area contributed by atoms with Gasteiger partial charge in [0.1, 0.15) is 13.2 Å². The van der Waals surface area contributed by atoms with Crippen molar-refractivity contribution in [1.29, 1.82) is 0 Å². The molecular weight excluding hydrogens is 488 g/mol. The van der Waals surface area contributed by atoms with Gasteiger partial charge in [-0.15, -0.1) is 0 Å². The second-order valence-corrected chi connectivity index (χ2v) is 8.78. The lowest BCUT2D eigenvalue weighted by Gasteiger charge is -2.15. The predicted molar refractivity (Wildman–Crippen MR) is 134 cm³/mol. The molecule has 0 aliphatic carbocycles. The Morgan fingerprint density at radius 2 is 1.89 bits per heavy atom. The van der Waals surface area contributed by atoms with E-state index < -0.39 is 28.6 Å². The van der Waals surface area contributed by atoms with Crippen LogP contribution < -0.4 is 9.47 Å². The zero-order valence-electron chi connectivity index (χ0n) is 20.1. The third-order valence-corrected chi connectivity index (χ3v) is 6.11. The number of hydrogen-bond acceptors (Lipinski definition) is 9. The van der Waals surface area contributed by atoms with Gasteiger partial charge in [0.15, 0.2) is 11.5 Å². The molecule has 0 saturated carbocycles. The number of thioether (sulfide) groups is 1. The van der Waals surface area contributed by atoms with Crippen LogP contribution in [0.4, 0.5) is 10.5 Å². The van der Waals surface area contributed by atoms with E-state index in [0.29, 0.717) is 35.7 Å². The number of nitro benzene ring substituents is 1. The number of esters is 1. The van der Waals surface area contributed by atoms with Gasteiger partial charge in [0.05, 0.1) is 28.1 Å². The van der Waals surface area contributed by atoms with Crippen molar-refractivity contribution in [3.05, 3.63) is 68.6 Å². The van der Waals surface area contributed by atoms with Gasteiger partial charge in [-0.3, -0.25) is 29.4 Å². The Morgan fingerprint density at radius 1 is 1.14 bits per heavy atom.